The Kier molecular flexibility index (Phi) is 33.8. The van der Waals surface area contributed by atoms with Crippen molar-refractivity contribution in [3.63, 3.8) is 0 Å². The molecule has 0 radical (unpaired) electrons. The molecule has 0 saturated heterocycles. The first-order chi connectivity index (χ1) is 2.91. The Morgan fingerprint density at radius 2 is 1.33 bits per heavy atom. The van der Waals surface area contributed by atoms with E-state index in [1.807, 2.05) is 0 Å². The van der Waals surface area contributed by atoms with Crippen LogP contribution in [0.5, 0.6) is 0 Å². The fourth-order valence-electron chi connectivity index (χ4n) is 0. The molecule has 0 fully saturated rings. The lowest BCUT2D eigenvalue weighted by molar-refractivity contribution is 2.00. The molecule has 2 heteroatoms. The van der Waals surface area contributed by atoms with E-state index in [-0.39, 0.29) is 0 Å². The number of nitrogens with two attached hydrogens (primary N) is 1. The summed E-state index contributed by atoms with van der Waals surface area (Å²) < 4.78 is 0. The second-order valence-corrected chi connectivity index (χ2v) is 0.471. The molecule has 36 valence electrons. The maximum Gasteiger partial charge on any atom is -0.0285 e. The van der Waals surface area contributed by atoms with Gasteiger partial charge in [-0.3, -0.25) is 0 Å². The minimum atomic E-state index is 1.64. The minimum absolute atomic E-state index is 1.64. The maximum atomic E-state index is 4.14. The number of allylic oxidation sites excluding steroid dienone is 2. The molecule has 0 aromatic carbocycles. The number of hydrogen-bond acceptors (Lipinski definition) is 1. The van der Waals surface area contributed by atoms with Crippen molar-refractivity contribution in [2.75, 3.05) is 0 Å². The Morgan fingerprint density at radius 1 is 1.17 bits per heavy atom. The first-order valence-electron chi connectivity index (χ1n) is 1.37. The lowest BCUT2D eigenvalue weighted by Gasteiger charge is -1.44. The van der Waals surface area contributed by atoms with Crippen LogP contribution in [0.4, 0.5) is 0 Å². The third-order valence-electron chi connectivity index (χ3n) is 0.167. The zero-order valence-corrected chi connectivity index (χ0v) is 4.28. The largest absolute Gasteiger partial charge is 0.247 e. The van der Waals surface area contributed by atoms with Gasteiger partial charge < -0.3 is 0 Å². The fraction of sp³-hybridized carbons (Fsp3) is 0. The van der Waals surface area contributed by atoms with Crippen LogP contribution in [0, 0.1) is 0 Å². The molecular formula is C4H8ClN. The van der Waals surface area contributed by atoms with Gasteiger partial charge in [-0.15, -0.1) is 0 Å². The maximum absolute atomic E-state index is 4.14. The highest BCUT2D eigenvalue weighted by atomic mass is 35.5. The lowest BCUT2D eigenvalue weighted by Crippen LogP contribution is -1.48. The van der Waals surface area contributed by atoms with E-state index in [0.717, 1.165) is 0 Å². The first kappa shape index (κ1) is 9.21. The third-order valence-corrected chi connectivity index (χ3v) is 0.167. The van der Waals surface area contributed by atoms with E-state index >= 15 is 0 Å². The van der Waals surface area contributed by atoms with E-state index in [1.165, 1.54) is 0 Å². The van der Waals surface area contributed by atoms with Crippen LogP contribution in [-0.4, -0.2) is 0 Å². The summed E-state index contributed by atoms with van der Waals surface area (Å²) in [5, 5.41) is 3.97. The van der Waals surface area contributed by atoms with Crippen molar-refractivity contribution in [1.29, 1.82) is 0 Å². The van der Waals surface area contributed by atoms with Gasteiger partial charge in [0.2, 0.25) is 0 Å². The van der Waals surface area contributed by atoms with Crippen molar-refractivity contribution in [3.8, 4) is 0 Å². The molecule has 0 aliphatic rings. The fourth-order valence-corrected chi connectivity index (χ4v) is 0. The van der Waals surface area contributed by atoms with Crippen LogP contribution < -0.4 is 5.25 Å². The van der Waals surface area contributed by atoms with Gasteiger partial charge in [0.25, 0.3) is 0 Å². The smallest absolute Gasteiger partial charge is 0.0285 e. The van der Waals surface area contributed by atoms with Gasteiger partial charge in [0.15, 0.2) is 0 Å². The molecule has 0 atom stereocenters. The number of rotatable bonds is 1. The predicted molar refractivity (Wildman–Crippen MR) is 30.4 cm³/mol. The minimum Gasteiger partial charge on any atom is -0.247 e. The van der Waals surface area contributed by atoms with Gasteiger partial charge in [0.05, 0.1) is 0 Å². The Balaban J connectivity index is 0. The van der Waals surface area contributed by atoms with Gasteiger partial charge in [0, 0.05) is 0 Å². The second kappa shape index (κ2) is 22.0. The van der Waals surface area contributed by atoms with E-state index in [9.17, 15) is 0 Å². The highest BCUT2D eigenvalue weighted by Gasteiger charge is 1.29. The van der Waals surface area contributed by atoms with E-state index in [4.69, 9.17) is 0 Å². The van der Waals surface area contributed by atoms with Gasteiger partial charge >= 0.3 is 0 Å². The quantitative estimate of drug-likeness (QED) is 0.397. The standard InChI is InChI=1S/C4H6.ClH2N/c1-3-4-2;1-2/h3-4H,1-2H2;2H2. The monoisotopic (exact) mass is 105 g/mol. The molecule has 0 aliphatic heterocycles. The SMILES string of the molecule is C=CC=C.NCl. The Hall–Kier alpha value is -0.270. The lowest BCUT2D eigenvalue weighted by atomic mass is 10.6. The van der Waals surface area contributed by atoms with E-state index in [1.54, 1.807) is 12.2 Å². The Bertz CT molecular complexity index is 28.5. The predicted octanol–water partition coefficient (Wildman–Crippen LogP) is 1.46. The van der Waals surface area contributed by atoms with E-state index in [0.29, 0.717) is 0 Å². The molecule has 0 heterocycles. The van der Waals surface area contributed by atoms with Gasteiger partial charge in [-0.2, -0.15) is 0 Å². The van der Waals surface area contributed by atoms with Crippen LogP contribution in [0.1, 0.15) is 0 Å². The molecule has 0 saturated carbocycles. The molecule has 0 amide bonds. The topological polar surface area (TPSA) is 26.0 Å². The van der Waals surface area contributed by atoms with Crippen molar-refractivity contribution in [2.24, 2.45) is 5.25 Å². The van der Waals surface area contributed by atoms with Crippen molar-refractivity contribution >= 4 is 11.8 Å². The summed E-state index contributed by atoms with van der Waals surface area (Å²) >= 11 is 4.14. The molecule has 0 bridgehead atoms. The molecule has 0 rings (SSSR count). The van der Waals surface area contributed by atoms with Crippen LogP contribution in [-0.2, 0) is 0 Å². The van der Waals surface area contributed by atoms with Crippen LogP contribution in [0.3, 0.4) is 0 Å². The molecule has 6 heavy (non-hydrogen) atoms. The van der Waals surface area contributed by atoms with Crippen molar-refractivity contribution in [1.82, 2.24) is 0 Å². The molecule has 1 nitrogen and oxygen atoms in total. The van der Waals surface area contributed by atoms with Crippen molar-refractivity contribution in [2.45, 2.75) is 0 Å². The first-order valence-corrected chi connectivity index (χ1v) is 1.80. The summed E-state index contributed by atoms with van der Waals surface area (Å²) in [6.07, 6.45) is 3.28. The van der Waals surface area contributed by atoms with Crippen LogP contribution in [0.2, 0.25) is 0 Å². The third kappa shape index (κ3) is 52.2. The van der Waals surface area contributed by atoms with Gasteiger partial charge in [-0.25, -0.2) is 5.25 Å². The summed E-state index contributed by atoms with van der Waals surface area (Å²) in [7, 11) is 0. The number of halogens is 1. The summed E-state index contributed by atoms with van der Waals surface area (Å²) in [6.45, 7) is 6.72. The Morgan fingerprint density at radius 3 is 1.33 bits per heavy atom. The van der Waals surface area contributed by atoms with Crippen LogP contribution in [0.25, 0.3) is 0 Å². The van der Waals surface area contributed by atoms with E-state index in [2.05, 4.69) is 30.2 Å². The molecule has 0 unspecified atom stereocenters. The highest BCUT2D eigenvalue weighted by Crippen LogP contribution is 1.52. The summed E-state index contributed by atoms with van der Waals surface area (Å²) in [4.78, 5) is 0. The molecule has 0 spiro atoms. The van der Waals surface area contributed by atoms with Crippen LogP contribution in [0.15, 0.2) is 25.3 Å². The Labute approximate surface area is 43.2 Å². The summed E-state index contributed by atoms with van der Waals surface area (Å²) in [5.74, 6) is 0. The highest BCUT2D eigenvalue weighted by molar-refractivity contribution is 6.11. The zero-order chi connectivity index (χ0) is 5.41. The van der Waals surface area contributed by atoms with Gasteiger partial charge in [-0.05, 0) is 11.8 Å². The molecule has 0 aromatic rings. The van der Waals surface area contributed by atoms with Crippen LogP contribution >= 0.6 is 11.8 Å². The molecular weight excluding hydrogens is 97.5 g/mol. The van der Waals surface area contributed by atoms with Crippen molar-refractivity contribution in [3.05, 3.63) is 25.3 Å². The van der Waals surface area contributed by atoms with Gasteiger partial charge in [-0.1, -0.05) is 25.3 Å². The normalized spacial score (nSPS) is 4.33. The van der Waals surface area contributed by atoms with E-state index < -0.39 is 0 Å². The number of hydrogen-bond donors (Lipinski definition) is 1. The molecule has 2 N–H and O–H groups in total. The molecule has 0 aromatic heterocycles. The summed E-state index contributed by atoms with van der Waals surface area (Å²) in [5.41, 5.74) is 0. The second-order valence-electron chi connectivity index (χ2n) is 0.471. The average molecular weight is 106 g/mol. The summed E-state index contributed by atoms with van der Waals surface area (Å²) in [6, 6.07) is 0. The molecule has 0 aliphatic carbocycles. The van der Waals surface area contributed by atoms with Gasteiger partial charge in [0.1, 0.15) is 0 Å². The zero-order valence-electron chi connectivity index (χ0n) is 3.52. The average Bonchev–Trinajstić information content (AvgIpc) is 1.72. The van der Waals surface area contributed by atoms with Crippen molar-refractivity contribution < 1.29 is 0 Å².